The van der Waals surface area contributed by atoms with Crippen molar-refractivity contribution in [2.75, 3.05) is 19.8 Å². The van der Waals surface area contributed by atoms with Gasteiger partial charge in [-0.1, -0.05) is 0 Å². The molecule has 1 aliphatic heterocycles. The fourth-order valence-corrected chi connectivity index (χ4v) is 0.835. The maximum absolute atomic E-state index is 10.9. The van der Waals surface area contributed by atoms with Gasteiger partial charge in [0.05, 0.1) is 6.54 Å². The van der Waals surface area contributed by atoms with Crippen LogP contribution in [0.5, 0.6) is 0 Å². The van der Waals surface area contributed by atoms with E-state index in [-0.39, 0.29) is 19.8 Å². The minimum absolute atomic E-state index is 0.0272. The lowest BCUT2D eigenvalue weighted by Crippen LogP contribution is -2.33. The third kappa shape index (κ3) is 2.32. The van der Waals surface area contributed by atoms with Crippen LogP contribution in [0.15, 0.2) is 0 Å². The number of amides is 3. The molecular formula is C6H8N2O5. The van der Waals surface area contributed by atoms with Crippen LogP contribution in [0.4, 0.5) is 9.59 Å². The molecule has 3 amide bonds. The van der Waals surface area contributed by atoms with Gasteiger partial charge in [0, 0.05) is 0 Å². The van der Waals surface area contributed by atoms with E-state index in [4.69, 9.17) is 0 Å². The highest BCUT2D eigenvalue weighted by atomic mass is 16.6. The van der Waals surface area contributed by atoms with Crippen LogP contribution in [0.1, 0.15) is 0 Å². The summed E-state index contributed by atoms with van der Waals surface area (Å²) < 4.78 is 8.74. The fraction of sp³-hybridized carbons (Fsp3) is 0.500. The highest BCUT2D eigenvalue weighted by Crippen LogP contribution is 2.03. The number of imide groups is 1. The first-order chi connectivity index (χ1) is 6.11. The number of primary amides is 1. The molecule has 0 aromatic carbocycles. The van der Waals surface area contributed by atoms with Crippen LogP contribution in [0.2, 0.25) is 0 Å². The third-order valence-corrected chi connectivity index (χ3v) is 1.40. The maximum atomic E-state index is 10.9. The molecule has 1 heterocycles. The van der Waals surface area contributed by atoms with Crippen LogP contribution in [-0.2, 0) is 14.3 Å². The van der Waals surface area contributed by atoms with E-state index in [0.29, 0.717) is 0 Å². The molecule has 0 radical (unpaired) electrons. The molecule has 0 saturated carbocycles. The number of carbonyl (C=O) groups is 3. The molecule has 2 N–H and O–H groups in total. The Morgan fingerprint density at radius 3 is 2.77 bits per heavy atom. The molecule has 1 saturated heterocycles. The Labute approximate surface area is 73.4 Å². The summed E-state index contributed by atoms with van der Waals surface area (Å²) in [6, 6.07) is 0. The van der Waals surface area contributed by atoms with Crippen LogP contribution < -0.4 is 5.73 Å². The van der Waals surface area contributed by atoms with Crippen molar-refractivity contribution in [3.63, 3.8) is 0 Å². The molecule has 0 atom stereocenters. The van der Waals surface area contributed by atoms with Gasteiger partial charge in [0.25, 0.3) is 5.91 Å². The van der Waals surface area contributed by atoms with Gasteiger partial charge in [-0.2, -0.15) is 0 Å². The first-order valence-corrected chi connectivity index (χ1v) is 3.50. The van der Waals surface area contributed by atoms with Gasteiger partial charge in [-0.15, -0.1) is 0 Å². The van der Waals surface area contributed by atoms with Crippen LogP contribution in [-0.4, -0.2) is 42.8 Å². The quantitative estimate of drug-likeness (QED) is 0.616. The smallest absolute Gasteiger partial charge is 0.417 e. The van der Waals surface area contributed by atoms with Gasteiger partial charge < -0.3 is 15.2 Å². The zero-order chi connectivity index (χ0) is 9.84. The summed E-state index contributed by atoms with van der Waals surface area (Å²) in [6.45, 7) is -0.397. The molecule has 0 bridgehead atoms. The molecule has 1 rings (SSSR count). The largest absolute Gasteiger partial charge is 0.448 e. The fourth-order valence-electron chi connectivity index (χ4n) is 0.835. The maximum Gasteiger partial charge on any atom is 0.417 e. The summed E-state index contributed by atoms with van der Waals surface area (Å²) in [7, 11) is 0. The van der Waals surface area contributed by atoms with Gasteiger partial charge in [-0.25, -0.2) is 14.5 Å². The zero-order valence-electron chi connectivity index (χ0n) is 6.69. The predicted octanol–water partition coefficient (Wildman–Crippen LogP) is -0.940. The standard InChI is InChI=1S/C6H8N2O5/c7-5(10)12-2-1-8-4(9)3-13-6(8)11/h1-3H2,(H2,7,10). The second-order valence-electron chi connectivity index (χ2n) is 2.27. The number of hydrogen-bond donors (Lipinski definition) is 1. The molecule has 1 aliphatic rings. The number of rotatable bonds is 3. The first-order valence-electron chi connectivity index (χ1n) is 3.50. The Hall–Kier alpha value is -1.79. The van der Waals surface area contributed by atoms with E-state index in [9.17, 15) is 14.4 Å². The SMILES string of the molecule is NC(=O)OCCN1C(=O)COC1=O. The Bertz CT molecular complexity index is 235. The molecule has 7 nitrogen and oxygen atoms in total. The number of carbonyl (C=O) groups excluding carboxylic acids is 3. The van der Waals surface area contributed by atoms with Crippen molar-refractivity contribution in [2.24, 2.45) is 5.73 Å². The third-order valence-electron chi connectivity index (χ3n) is 1.40. The van der Waals surface area contributed by atoms with Gasteiger partial charge in [0.15, 0.2) is 6.61 Å². The Morgan fingerprint density at radius 1 is 1.62 bits per heavy atom. The lowest BCUT2D eigenvalue weighted by atomic mass is 10.5. The second kappa shape index (κ2) is 3.74. The predicted molar refractivity (Wildman–Crippen MR) is 38.6 cm³/mol. The van der Waals surface area contributed by atoms with Gasteiger partial charge in [-0.3, -0.25) is 4.79 Å². The van der Waals surface area contributed by atoms with Gasteiger partial charge in [0.2, 0.25) is 0 Å². The normalized spacial score (nSPS) is 15.8. The van der Waals surface area contributed by atoms with Crippen molar-refractivity contribution in [1.82, 2.24) is 4.90 Å². The topological polar surface area (TPSA) is 98.9 Å². The van der Waals surface area contributed by atoms with Gasteiger partial charge >= 0.3 is 12.2 Å². The van der Waals surface area contributed by atoms with Crippen molar-refractivity contribution in [1.29, 1.82) is 0 Å². The molecule has 0 aliphatic carbocycles. The van der Waals surface area contributed by atoms with E-state index < -0.39 is 18.1 Å². The molecule has 0 spiro atoms. The summed E-state index contributed by atoms with van der Waals surface area (Å²) in [4.78, 5) is 32.6. The van der Waals surface area contributed by atoms with Crippen molar-refractivity contribution in [3.8, 4) is 0 Å². The lowest BCUT2D eigenvalue weighted by Gasteiger charge is -2.09. The average molecular weight is 188 g/mol. The van der Waals surface area contributed by atoms with Crippen LogP contribution in [0, 0.1) is 0 Å². The number of hydrogen-bond acceptors (Lipinski definition) is 5. The Balaban J connectivity index is 2.31. The number of nitrogens with two attached hydrogens (primary N) is 1. The first kappa shape index (κ1) is 9.30. The van der Waals surface area contributed by atoms with Gasteiger partial charge in [0.1, 0.15) is 6.61 Å². The Morgan fingerprint density at radius 2 is 2.31 bits per heavy atom. The molecule has 0 aromatic heterocycles. The summed E-state index contributed by atoms with van der Waals surface area (Å²) in [5.74, 6) is -0.446. The zero-order valence-corrected chi connectivity index (χ0v) is 6.69. The highest BCUT2D eigenvalue weighted by Gasteiger charge is 2.30. The molecule has 0 aromatic rings. The number of cyclic esters (lactones) is 1. The molecule has 72 valence electrons. The van der Waals surface area contributed by atoms with Crippen molar-refractivity contribution in [3.05, 3.63) is 0 Å². The summed E-state index contributed by atoms with van der Waals surface area (Å²) >= 11 is 0. The van der Waals surface area contributed by atoms with Crippen LogP contribution in [0.25, 0.3) is 0 Å². The van der Waals surface area contributed by atoms with Crippen LogP contribution in [0.3, 0.4) is 0 Å². The molecular weight excluding hydrogens is 180 g/mol. The summed E-state index contributed by atoms with van der Waals surface area (Å²) in [6.07, 6.45) is -1.67. The molecule has 0 unspecified atom stereocenters. The van der Waals surface area contributed by atoms with E-state index >= 15 is 0 Å². The van der Waals surface area contributed by atoms with Gasteiger partial charge in [-0.05, 0) is 0 Å². The summed E-state index contributed by atoms with van der Waals surface area (Å²) in [5, 5.41) is 0. The minimum atomic E-state index is -0.944. The minimum Gasteiger partial charge on any atom is -0.448 e. The van der Waals surface area contributed by atoms with E-state index in [2.05, 4.69) is 15.2 Å². The van der Waals surface area contributed by atoms with E-state index in [1.807, 2.05) is 0 Å². The number of nitrogens with zero attached hydrogens (tertiary/aromatic N) is 1. The number of ether oxygens (including phenoxy) is 2. The lowest BCUT2D eigenvalue weighted by molar-refractivity contribution is -0.126. The molecule has 7 heteroatoms. The average Bonchev–Trinajstić information content (AvgIpc) is 2.34. The molecule has 1 fully saturated rings. The monoisotopic (exact) mass is 188 g/mol. The van der Waals surface area contributed by atoms with E-state index in [1.54, 1.807) is 0 Å². The highest BCUT2D eigenvalue weighted by molar-refractivity contribution is 5.97. The molecule has 13 heavy (non-hydrogen) atoms. The Kier molecular flexibility index (Phi) is 2.68. The van der Waals surface area contributed by atoms with E-state index in [1.165, 1.54) is 0 Å². The summed E-state index contributed by atoms with van der Waals surface area (Å²) in [5.41, 5.74) is 4.67. The van der Waals surface area contributed by atoms with Crippen molar-refractivity contribution < 1.29 is 23.9 Å². The van der Waals surface area contributed by atoms with Crippen molar-refractivity contribution in [2.45, 2.75) is 0 Å². The van der Waals surface area contributed by atoms with Crippen molar-refractivity contribution >= 4 is 18.1 Å². The van der Waals surface area contributed by atoms with Crippen LogP contribution >= 0.6 is 0 Å². The second-order valence-corrected chi connectivity index (χ2v) is 2.27. The van der Waals surface area contributed by atoms with E-state index in [0.717, 1.165) is 4.90 Å².